The van der Waals surface area contributed by atoms with E-state index in [0.717, 1.165) is 18.8 Å². The Morgan fingerprint density at radius 1 is 0.774 bits per heavy atom. The molecule has 1 heterocycles. The van der Waals surface area contributed by atoms with Gasteiger partial charge in [0, 0.05) is 12.7 Å². The zero-order valence-electron chi connectivity index (χ0n) is 36.0. The Bertz CT molecular complexity index is 1630. The number of unbranched alkanes of at least 4 members (excludes halogenated alkanes) is 5. The number of cyclic esters (lactones) is 1. The summed E-state index contributed by atoms with van der Waals surface area (Å²) < 4.78 is 24.2. The molecule has 3 aromatic rings. The van der Waals surface area contributed by atoms with Gasteiger partial charge >= 0.3 is 47.5 Å². The molecule has 0 radical (unpaired) electrons. The van der Waals surface area contributed by atoms with Crippen LogP contribution in [0.4, 0.5) is 0 Å². The third-order valence-electron chi connectivity index (χ3n) is 7.76. The summed E-state index contributed by atoms with van der Waals surface area (Å²) in [5.41, 5.74) is 0.655. The predicted molar refractivity (Wildman–Crippen MR) is 223 cm³/mol. The van der Waals surface area contributed by atoms with Gasteiger partial charge in [0.15, 0.2) is 6.10 Å². The van der Waals surface area contributed by atoms with E-state index < -0.39 is 48.9 Å². The van der Waals surface area contributed by atoms with Crippen molar-refractivity contribution in [1.82, 2.24) is 0 Å². The maximum Gasteiger partial charge on any atom is 1.00 e. The number of carbonyl (C=O) groups is 4. The first-order valence-electron chi connectivity index (χ1n) is 19.7. The van der Waals surface area contributed by atoms with Crippen molar-refractivity contribution in [3.63, 3.8) is 0 Å². The van der Waals surface area contributed by atoms with Crippen LogP contribution >= 0.6 is 0 Å². The number of phenolic OH excluding ortho intramolecular Hbond substituents is 1. The van der Waals surface area contributed by atoms with E-state index in [1.807, 2.05) is 43.3 Å². The van der Waals surface area contributed by atoms with Crippen LogP contribution < -0.4 is 39.4 Å². The molecule has 3 aromatic carbocycles. The molecule has 1 aliphatic rings. The van der Waals surface area contributed by atoms with Crippen molar-refractivity contribution in [2.24, 2.45) is 0 Å². The fourth-order valence-electron chi connectivity index (χ4n) is 4.46. The number of aliphatic hydroxyl groups excluding tert-OH is 5. The molecule has 0 saturated carbocycles. The molecular weight excluding hydrogens is 819 g/mol. The topological polar surface area (TPSA) is 259 Å². The van der Waals surface area contributed by atoms with E-state index in [1.165, 1.54) is 81.7 Å². The minimum absolute atomic E-state index is 0. The van der Waals surface area contributed by atoms with Crippen LogP contribution in [-0.4, -0.2) is 126 Å². The molecule has 0 unspecified atom stereocenters. The zero-order chi connectivity index (χ0) is 45.7. The number of aliphatic hydroxyl groups is 5. The number of hydrogen-bond donors (Lipinski definition) is 6. The second-order valence-electron chi connectivity index (χ2n) is 12.6. The number of aromatic hydroxyl groups is 1. The monoisotopic (exact) mass is 880 g/mol. The van der Waals surface area contributed by atoms with Crippen LogP contribution in [0.2, 0.25) is 0 Å². The van der Waals surface area contributed by atoms with Gasteiger partial charge in [0.1, 0.15) is 49.6 Å². The van der Waals surface area contributed by atoms with Gasteiger partial charge < -0.3 is 64.2 Å². The van der Waals surface area contributed by atoms with Gasteiger partial charge in [0.05, 0.1) is 31.9 Å². The molecule has 1 fully saturated rings. The molecule has 1 aliphatic heterocycles. The van der Waals surface area contributed by atoms with Crippen molar-refractivity contribution in [1.29, 1.82) is 0 Å². The van der Waals surface area contributed by atoms with E-state index in [9.17, 15) is 24.3 Å². The molecular formula is C45H61NaO16. The van der Waals surface area contributed by atoms with Crippen LogP contribution in [0.5, 0.6) is 11.5 Å². The third-order valence-corrected chi connectivity index (χ3v) is 7.76. The molecule has 338 valence electrons. The first-order chi connectivity index (χ1) is 29.3. The number of carbonyl (C=O) groups excluding carboxylic acids is 4. The molecule has 62 heavy (non-hydrogen) atoms. The first kappa shape index (κ1) is 59.5. The molecule has 4 atom stereocenters. The van der Waals surface area contributed by atoms with Gasteiger partial charge in [0.25, 0.3) is 0 Å². The normalized spacial score (nSPS) is 16.4. The summed E-state index contributed by atoms with van der Waals surface area (Å²) >= 11 is 0. The fraction of sp³-hybridized carbons (Fsp3) is 0.422. The van der Waals surface area contributed by atoms with E-state index in [1.54, 1.807) is 30.4 Å². The number of carboxylic acid groups (broad SMARTS) is 1. The molecule has 6 N–H and O–H groups in total. The summed E-state index contributed by atoms with van der Waals surface area (Å²) in [7, 11) is 1.31. The smallest absolute Gasteiger partial charge is 0.545 e. The SMILES string of the molecule is CC=CC=CC(=O)OCCOc1ccccc1.CCCCCCCCOCCO.COC(=O)c1ccc(O)cc1.O=C([O-])c1ccccc1.O=C1OC[C@@H](O)[C@@H](O)[C@H](O)[C@H]1O.[Na+]. The number of aromatic carboxylic acids is 1. The maximum atomic E-state index is 11.1. The molecule has 17 heteroatoms. The maximum absolute atomic E-state index is 11.1. The molecule has 0 amide bonds. The summed E-state index contributed by atoms with van der Waals surface area (Å²) in [6, 6.07) is 23.3. The second kappa shape index (κ2) is 39.2. The van der Waals surface area contributed by atoms with Crippen molar-refractivity contribution < 1.29 is 108 Å². The number of ether oxygens (including phenoxy) is 5. The Morgan fingerprint density at radius 3 is 1.92 bits per heavy atom. The van der Waals surface area contributed by atoms with Crippen molar-refractivity contribution >= 4 is 23.9 Å². The largest absolute Gasteiger partial charge is 1.00 e. The number of hydrogen-bond acceptors (Lipinski definition) is 16. The molecule has 16 nitrogen and oxygen atoms in total. The van der Waals surface area contributed by atoms with E-state index >= 15 is 0 Å². The number of benzene rings is 3. The Balaban J connectivity index is 0. The number of phenols is 1. The molecule has 0 aromatic heterocycles. The molecule has 4 rings (SSSR count). The molecule has 0 bridgehead atoms. The van der Waals surface area contributed by atoms with Gasteiger partial charge in [-0.3, -0.25) is 0 Å². The number of esters is 3. The van der Waals surface area contributed by atoms with Crippen LogP contribution in [0, 0.1) is 0 Å². The number of para-hydroxylation sites is 1. The average molecular weight is 881 g/mol. The van der Waals surface area contributed by atoms with E-state index in [0.29, 0.717) is 18.8 Å². The first-order valence-corrected chi connectivity index (χ1v) is 19.7. The van der Waals surface area contributed by atoms with Gasteiger partial charge in [-0.2, -0.15) is 0 Å². The Morgan fingerprint density at radius 2 is 1.37 bits per heavy atom. The minimum atomic E-state index is -1.79. The average Bonchev–Trinajstić information content (AvgIpc) is 3.36. The van der Waals surface area contributed by atoms with Gasteiger partial charge in [-0.05, 0) is 55.3 Å². The number of carboxylic acids is 1. The van der Waals surface area contributed by atoms with Crippen molar-refractivity contribution in [2.45, 2.75) is 76.8 Å². The van der Waals surface area contributed by atoms with Gasteiger partial charge in [-0.15, -0.1) is 0 Å². The van der Waals surface area contributed by atoms with E-state index in [4.69, 9.17) is 44.8 Å². The summed E-state index contributed by atoms with van der Waals surface area (Å²) in [5.74, 6) is -2.02. The third kappa shape index (κ3) is 30.4. The van der Waals surface area contributed by atoms with E-state index in [-0.39, 0.29) is 60.1 Å². The van der Waals surface area contributed by atoms with Gasteiger partial charge in [-0.1, -0.05) is 106 Å². The summed E-state index contributed by atoms with van der Waals surface area (Å²) in [4.78, 5) is 42.7. The second-order valence-corrected chi connectivity index (χ2v) is 12.6. The number of methoxy groups -OCH3 is 1. The molecule has 0 aliphatic carbocycles. The molecule has 1 saturated heterocycles. The number of rotatable bonds is 17. The minimum Gasteiger partial charge on any atom is -0.545 e. The standard InChI is InChI=1S/C14H16O3.C10H22O2.C8H8O3.C7H6O2.C6H10O6.Na/c1-2-3-5-10-14(15)17-12-11-16-13-8-6-4-7-9-13;1-2-3-4-5-6-7-9-12-10-8-11;1-11-8(10)6-2-4-7(9)5-3-6;8-7(9)6-4-2-1-3-5-6;7-2-1-12-6(11)5(10)4(9)3(2)8;/h2-10H,11-12H2,1H3;11H,2-10H2,1H3;2-5,9H,1H3;1-5H,(H,8,9);2-5,7-10H,1H2;/q;;;;;+1/p-1/t;;;;2-,3-,4+,5-;/m....1./s1. The van der Waals surface area contributed by atoms with Crippen LogP contribution in [0.3, 0.4) is 0 Å². The van der Waals surface area contributed by atoms with Gasteiger partial charge in [0.2, 0.25) is 0 Å². The van der Waals surface area contributed by atoms with Crippen molar-refractivity contribution in [3.8, 4) is 11.5 Å². The molecule has 0 spiro atoms. The van der Waals surface area contributed by atoms with Crippen LogP contribution in [0.15, 0.2) is 109 Å². The van der Waals surface area contributed by atoms with Crippen LogP contribution in [0.1, 0.15) is 73.1 Å². The zero-order valence-corrected chi connectivity index (χ0v) is 38.0. The Kier molecular flexibility index (Phi) is 37.6. The fourth-order valence-corrected chi connectivity index (χ4v) is 4.46. The van der Waals surface area contributed by atoms with Crippen LogP contribution in [0.25, 0.3) is 0 Å². The number of allylic oxidation sites excluding steroid dienone is 3. The Hall–Kier alpha value is -4.62. The van der Waals surface area contributed by atoms with Crippen molar-refractivity contribution in [2.75, 3.05) is 46.8 Å². The van der Waals surface area contributed by atoms with Crippen LogP contribution in [-0.2, 0) is 28.5 Å². The summed E-state index contributed by atoms with van der Waals surface area (Å²) in [6.45, 7) is 5.74. The van der Waals surface area contributed by atoms with Crippen molar-refractivity contribution in [3.05, 3.63) is 120 Å². The Labute approximate surface area is 385 Å². The summed E-state index contributed by atoms with van der Waals surface area (Å²) in [6.07, 6.45) is 7.97. The predicted octanol–water partition coefficient (Wildman–Crippen LogP) is 0.316. The quantitative estimate of drug-likeness (QED) is 0.0266. The van der Waals surface area contributed by atoms with Gasteiger partial charge in [-0.25, -0.2) is 14.4 Å². The van der Waals surface area contributed by atoms with E-state index in [2.05, 4.69) is 16.4 Å². The summed E-state index contributed by atoms with van der Waals surface area (Å²) in [5, 5.41) is 63.3.